The Hall–Kier alpha value is -2.71. The molecular weight excluding hydrogens is 262 g/mol. The number of aromatic nitrogens is 4. The molecular formula is C11H13N7O2. The smallest absolute Gasteiger partial charge is 0.332 e. The Morgan fingerprint density at radius 3 is 2.90 bits per heavy atom. The van der Waals surface area contributed by atoms with Gasteiger partial charge in [0.2, 0.25) is 11.8 Å². The molecule has 1 aliphatic rings. The molecule has 9 nitrogen and oxygen atoms in total. The molecule has 3 rings (SSSR count). The number of nitrogens with zero attached hydrogens (tertiary/aromatic N) is 4. The minimum absolute atomic E-state index is 0.0199. The number of hydrogen-bond acceptors (Lipinski definition) is 7. The molecule has 0 saturated heterocycles. The van der Waals surface area contributed by atoms with E-state index in [4.69, 9.17) is 5.73 Å². The average molecular weight is 275 g/mol. The van der Waals surface area contributed by atoms with Crippen molar-refractivity contribution >= 4 is 23.3 Å². The molecule has 0 aromatic carbocycles. The Morgan fingerprint density at radius 2 is 2.25 bits per heavy atom. The van der Waals surface area contributed by atoms with Crippen molar-refractivity contribution in [1.82, 2.24) is 20.2 Å². The van der Waals surface area contributed by atoms with Crippen LogP contribution in [-0.2, 0) is 0 Å². The van der Waals surface area contributed by atoms with Crippen molar-refractivity contribution in [3.8, 4) is 0 Å². The first-order valence-electron chi connectivity index (χ1n) is 6.15. The Bertz CT molecular complexity index is 677. The van der Waals surface area contributed by atoms with E-state index in [0.717, 1.165) is 18.5 Å². The summed E-state index contributed by atoms with van der Waals surface area (Å²) in [5.41, 5.74) is 6.57. The molecule has 2 heterocycles. The molecule has 0 aliphatic heterocycles. The molecule has 20 heavy (non-hydrogen) atoms. The van der Waals surface area contributed by atoms with Crippen LogP contribution < -0.4 is 11.1 Å². The van der Waals surface area contributed by atoms with Crippen molar-refractivity contribution in [2.75, 3.05) is 11.1 Å². The van der Waals surface area contributed by atoms with Crippen molar-refractivity contribution in [2.45, 2.75) is 25.7 Å². The molecule has 1 fully saturated rings. The SMILES string of the molecule is Cc1nc(N)nc(Nc2cc(C3CC3)[nH]n2)c1[N+](=O)[O-]. The summed E-state index contributed by atoms with van der Waals surface area (Å²) in [5, 5.41) is 20.9. The van der Waals surface area contributed by atoms with Crippen LogP contribution in [0.5, 0.6) is 0 Å². The first-order chi connectivity index (χ1) is 9.54. The highest BCUT2D eigenvalue weighted by atomic mass is 16.6. The summed E-state index contributed by atoms with van der Waals surface area (Å²) >= 11 is 0. The van der Waals surface area contributed by atoms with E-state index in [1.165, 1.54) is 6.92 Å². The average Bonchev–Trinajstić information content (AvgIpc) is 3.09. The number of nitro groups is 1. The highest BCUT2D eigenvalue weighted by Crippen LogP contribution is 2.40. The number of anilines is 3. The fraction of sp³-hybridized carbons (Fsp3) is 0.364. The highest BCUT2D eigenvalue weighted by Gasteiger charge is 2.26. The second-order valence-electron chi connectivity index (χ2n) is 4.73. The van der Waals surface area contributed by atoms with Gasteiger partial charge < -0.3 is 11.1 Å². The zero-order valence-electron chi connectivity index (χ0n) is 10.8. The van der Waals surface area contributed by atoms with Gasteiger partial charge in [-0.3, -0.25) is 15.2 Å². The second-order valence-corrected chi connectivity index (χ2v) is 4.73. The van der Waals surface area contributed by atoms with Gasteiger partial charge in [-0.15, -0.1) is 0 Å². The van der Waals surface area contributed by atoms with Crippen LogP contribution in [0.25, 0.3) is 0 Å². The topological polar surface area (TPSA) is 136 Å². The number of aryl methyl sites for hydroxylation is 1. The molecule has 4 N–H and O–H groups in total. The van der Waals surface area contributed by atoms with Crippen LogP contribution in [0.2, 0.25) is 0 Å². The number of aromatic amines is 1. The van der Waals surface area contributed by atoms with Crippen LogP contribution in [0.1, 0.15) is 30.1 Å². The summed E-state index contributed by atoms with van der Waals surface area (Å²) in [5.74, 6) is 1.03. The normalized spacial score (nSPS) is 14.2. The van der Waals surface area contributed by atoms with Gasteiger partial charge in [0.1, 0.15) is 5.69 Å². The molecule has 0 amide bonds. The van der Waals surface area contributed by atoms with Gasteiger partial charge in [-0.25, -0.2) is 4.98 Å². The van der Waals surface area contributed by atoms with Crippen LogP contribution in [-0.4, -0.2) is 25.1 Å². The van der Waals surface area contributed by atoms with E-state index in [0.29, 0.717) is 11.7 Å². The summed E-state index contributed by atoms with van der Waals surface area (Å²) in [6, 6.07) is 1.83. The zero-order chi connectivity index (χ0) is 14.3. The van der Waals surface area contributed by atoms with E-state index in [2.05, 4.69) is 25.5 Å². The molecule has 1 saturated carbocycles. The summed E-state index contributed by atoms with van der Waals surface area (Å²) < 4.78 is 0. The highest BCUT2D eigenvalue weighted by molar-refractivity contribution is 5.66. The van der Waals surface area contributed by atoms with Gasteiger partial charge in [0.05, 0.1) is 4.92 Å². The van der Waals surface area contributed by atoms with Gasteiger partial charge in [-0.1, -0.05) is 0 Å². The molecule has 2 aromatic rings. The zero-order valence-corrected chi connectivity index (χ0v) is 10.8. The van der Waals surface area contributed by atoms with E-state index >= 15 is 0 Å². The number of nitrogens with two attached hydrogens (primary N) is 1. The lowest BCUT2D eigenvalue weighted by Crippen LogP contribution is -2.07. The summed E-state index contributed by atoms with van der Waals surface area (Å²) in [7, 11) is 0. The van der Waals surface area contributed by atoms with Crippen molar-refractivity contribution in [1.29, 1.82) is 0 Å². The predicted octanol–water partition coefficient (Wildman–Crippen LogP) is 1.62. The van der Waals surface area contributed by atoms with E-state index in [1.54, 1.807) is 0 Å². The van der Waals surface area contributed by atoms with Crippen LogP contribution in [0.15, 0.2) is 6.07 Å². The summed E-state index contributed by atoms with van der Waals surface area (Å²) in [4.78, 5) is 18.2. The van der Waals surface area contributed by atoms with E-state index in [9.17, 15) is 10.1 Å². The molecule has 0 radical (unpaired) electrons. The van der Waals surface area contributed by atoms with E-state index in [-0.39, 0.29) is 23.1 Å². The molecule has 0 atom stereocenters. The minimum atomic E-state index is -0.536. The maximum Gasteiger partial charge on any atom is 0.332 e. The minimum Gasteiger partial charge on any atom is -0.368 e. The Balaban J connectivity index is 1.93. The van der Waals surface area contributed by atoms with Crippen LogP contribution in [0, 0.1) is 17.0 Å². The van der Waals surface area contributed by atoms with Crippen molar-refractivity contribution < 1.29 is 4.92 Å². The maximum absolute atomic E-state index is 11.1. The van der Waals surface area contributed by atoms with E-state index in [1.807, 2.05) is 6.07 Å². The number of nitrogens with one attached hydrogen (secondary N) is 2. The molecule has 1 aliphatic carbocycles. The number of rotatable bonds is 4. The maximum atomic E-state index is 11.1. The molecule has 104 valence electrons. The molecule has 0 spiro atoms. The number of nitrogen functional groups attached to an aromatic ring is 1. The Labute approximate surface area is 113 Å². The van der Waals surface area contributed by atoms with Gasteiger partial charge in [0.25, 0.3) is 0 Å². The van der Waals surface area contributed by atoms with Gasteiger partial charge in [0.15, 0.2) is 5.82 Å². The van der Waals surface area contributed by atoms with Crippen LogP contribution >= 0.6 is 0 Å². The summed E-state index contributed by atoms with van der Waals surface area (Å²) in [6.07, 6.45) is 2.28. The fourth-order valence-electron chi connectivity index (χ4n) is 2.02. The third-order valence-electron chi connectivity index (χ3n) is 3.12. The van der Waals surface area contributed by atoms with Crippen LogP contribution in [0.3, 0.4) is 0 Å². The first-order valence-corrected chi connectivity index (χ1v) is 6.15. The first kappa shape index (κ1) is 12.3. The molecule has 2 aromatic heterocycles. The predicted molar refractivity (Wildman–Crippen MR) is 71.7 cm³/mol. The Morgan fingerprint density at radius 1 is 1.50 bits per heavy atom. The lowest BCUT2D eigenvalue weighted by molar-refractivity contribution is -0.385. The summed E-state index contributed by atoms with van der Waals surface area (Å²) in [6.45, 7) is 1.52. The lowest BCUT2D eigenvalue weighted by Gasteiger charge is -2.05. The second kappa shape index (κ2) is 4.44. The van der Waals surface area contributed by atoms with Gasteiger partial charge >= 0.3 is 5.69 Å². The number of hydrogen-bond donors (Lipinski definition) is 3. The third-order valence-corrected chi connectivity index (χ3v) is 3.12. The standard InChI is InChI=1S/C11H13N7O2/c1-5-9(18(19)20)10(15-11(12)13-5)14-8-4-7(16-17-8)6-2-3-6/h4,6H,2-3H2,1H3,(H4,12,13,14,15,16,17). The van der Waals surface area contributed by atoms with Gasteiger partial charge in [-0.2, -0.15) is 10.1 Å². The molecule has 0 unspecified atom stereocenters. The fourth-order valence-corrected chi connectivity index (χ4v) is 2.02. The van der Waals surface area contributed by atoms with Gasteiger partial charge in [-0.05, 0) is 19.8 Å². The van der Waals surface area contributed by atoms with Crippen molar-refractivity contribution in [3.63, 3.8) is 0 Å². The van der Waals surface area contributed by atoms with Gasteiger partial charge in [0, 0.05) is 17.7 Å². The van der Waals surface area contributed by atoms with Crippen molar-refractivity contribution in [2.24, 2.45) is 0 Å². The largest absolute Gasteiger partial charge is 0.368 e. The van der Waals surface area contributed by atoms with Crippen LogP contribution in [0.4, 0.5) is 23.3 Å². The molecule has 9 heteroatoms. The van der Waals surface area contributed by atoms with Crippen molar-refractivity contribution in [3.05, 3.63) is 27.6 Å². The molecule has 0 bridgehead atoms. The quantitative estimate of drug-likeness (QED) is 0.569. The number of H-pyrrole nitrogens is 1. The lowest BCUT2D eigenvalue weighted by atomic mass is 10.3. The third kappa shape index (κ3) is 2.25. The monoisotopic (exact) mass is 275 g/mol. The Kier molecular flexibility index (Phi) is 2.74. The van der Waals surface area contributed by atoms with E-state index < -0.39 is 4.92 Å².